The zero-order valence-electron chi connectivity index (χ0n) is 14.0. The van der Waals surface area contributed by atoms with Gasteiger partial charge >= 0.3 is 5.24 Å². The molecule has 0 saturated carbocycles. The first-order valence-electron chi connectivity index (χ1n) is 7.95. The highest BCUT2D eigenvalue weighted by Crippen LogP contribution is 2.20. The molecule has 0 aliphatic carbocycles. The summed E-state index contributed by atoms with van der Waals surface area (Å²) >= 11 is 0.919. The number of carbonyl (C=O) groups excluding carboxylic acids is 1. The number of hydrogen-bond donors (Lipinski definition) is 0. The average molecular weight is 369 g/mol. The fourth-order valence-electron chi connectivity index (χ4n) is 2.21. The van der Waals surface area contributed by atoms with Crippen molar-refractivity contribution in [2.75, 3.05) is 6.61 Å². The molecule has 0 aliphatic heterocycles. The molecule has 0 bridgehead atoms. The van der Waals surface area contributed by atoms with Gasteiger partial charge in [-0.3, -0.25) is 4.79 Å². The number of nitrogens with zero attached hydrogens (tertiary/aromatic N) is 3. The molecule has 132 valence electrons. The van der Waals surface area contributed by atoms with Crippen LogP contribution in [0.4, 0.5) is 9.18 Å². The smallest absolute Gasteiger partial charge is 0.310 e. The predicted molar refractivity (Wildman–Crippen MR) is 97.9 cm³/mol. The van der Waals surface area contributed by atoms with E-state index in [1.54, 1.807) is 10.7 Å². The van der Waals surface area contributed by atoms with Gasteiger partial charge in [-0.25, -0.2) is 14.1 Å². The van der Waals surface area contributed by atoms with Crippen molar-refractivity contribution in [3.05, 3.63) is 78.0 Å². The molecule has 0 unspecified atom stereocenters. The van der Waals surface area contributed by atoms with E-state index < -0.39 is 5.24 Å². The van der Waals surface area contributed by atoms with Crippen LogP contribution in [0.3, 0.4) is 0 Å². The topological polar surface area (TPSA) is 56.5 Å². The second-order valence-corrected chi connectivity index (χ2v) is 6.19. The normalized spacial score (nSPS) is 11.4. The second-order valence-electron chi connectivity index (χ2n) is 5.17. The first-order valence-corrected chi connectivity index (χ1v) is 8.77. The molecule has 1 aromatic heterocycles. The van der Waals surface area contributed by atoms with Gasteiger partial charge in [0.15, 0.2) is 0 Å². The Hall–Kier alpha value is -2.93. The molecule has 0 fully saturated rings. The summed E-state index contributed by atoms with van der Waals surface area (Å²) in [6.45, 7) is 2.32. The van der Waals surface area contributed by atoms with Gasteiger partial charge in [-0.15, -0.1) is 0 Å². The Balaban J connectivity index is 1.87. The van der Waals surface area contributed by atoms with Crippen LogP contribution >= 0.6 is 11.8 Å². The van der Waals surface area contributed by atoms with Crippen LogP contribution < -0.4 is 10.1 Å². The zero-order chi connectivity index (χ0) is 18.4. The van der Waals surface area contributed by atoms with Gasteiger partial charge in [0, 0.05) is 11.0 Å². The standard InChI is InChI=1S/C19H16FN3O2S/c1-2-25-18-12-15(13-21-23(18)16-6-4-3-5-7-16)22-19(24)26-17-10-8-14(20)9-11-17/h3-13H,2H2,1H3. The van der Waals surface area contributed by atoms with Crippen LogP contribution in [0.25, 0.3) is 5.69 Å². The van der Waals surface area contributed by atoms with Crippen molar-refractivity contribution in [3.63, 3.8) is 0 Å². The first kappa shape index (κ1) is 17.9. The molecule has 7 heteroatoms. The lowest BCUT2D eigenvalue weighted by Crippen LogP contribution is -2.14. The summed E-state index contributed by atoms with van der Waals surface area (Å²) in [5.41, 5.74) is 0.842. The van der Waals surface area contributed by atoms with Gasteiger partial charge in [-0.2, -0.15) is 5.10 Å². The molecule has 0 saturated heterocycles. The number of carbonyl (C=O) groups is 1. The number of para-hydroxylation sites is 1. The van der Waals surface area contributed by atoms with Crippen molar-refractivity contribution in [1.29, 1.82) is 0 Å². The third kappa shape index (κ3) is 4.58. The van der Waals surface area contributed by atoms with Crippen molar-refractivity contribution in [2.45, 2.75) is 11.8 Å². The van der Waals surface area contributed by atoms with E-state index in [0.717, 1.165) is 17.4 Å². The Morgan fingerprint density at radius 1 is 1.19 bits per heavy atom. The van der Waals surface area contributed by atoms with Crippen LogP contribution in [0, 0.1) is 5.82 Å². The van der Waals surface area contributed by atoms with Gasteiger partial charge in [-0.1, -0.05) is 18.2 Å². The highest BCUT2D eigenvalue weighted by atomic mass is 32.2. The summed E-state index contributed by atoms with van der Waals surface area (Å²) in [5, 5.41) is 4.30. The lowest BCUT2D eigenvalue weighted by molar-refractivity contribution is 0.267. The third-order valence-electron chi connectivity index (χ3n) is 3.32. The number of halogens is 1. The third-order valence-corrected chi connectivity index (χ3v) is 4.09. The van der Waals surface area contributed by atoms with Crippen LogP contribution in [-0.4, -0.2) is 21.6 Å². The molecule has 0 radical (unpaired) electrons. The highest BCUT2D eigenvalue weighted by molar-refractivity contribution is 8.13. The first-order chi connectivity index (χ1) is 12.7. The molecule has 26 heavy (non-hydrogen) atoms. The Morgan fingerprint density at radius 3 is 2.62 bits per heavy atom. The van der Waals surface area contributed by atoms with Crippen molar-refractivity contribution < 1.29 is 13.9 Å². The Bertz CT molecular complexity index is 957. The van der Waals surface area contributed by atoms with Crippen molar-refractivity contribution in [3.8, 4) is 11.6 Å². The van der Waals surface area contributed by atoms with Gasteiger partial charge in [0.05, 0.1) is 23.8 Å². The van der Waals surface area contributed by atoms with Crippen LogP contribution in [0.15, 0.2) is 76.7 Å². The van der Waals surface area contributed by atoms with Crippen LogP contribution in [-0.2, 0) is 0 Å². The highest BCUT2D eigenvalue weighted by Gasteiger charge is 2.07. The van der Waals surface area contributed by atoms with E-state index in [1.807, 2.05) is 37.3 Å². The molecule has 0 aliphatic rings. The predicted octanol–water partition coefficient (Wildman–Crippen LogP) is 4.22. The van der Waals surface area contributed by atoms with E-state index in [9.17, 15) is 9.18 Å². The molecule has 1 amide bonds. The summed E-state index contributed by atoms with van der Waals surface area (Å²) in [5.74, 6) is 0.136. The Labute approximate surface area is 154 Å². The molecule has 0 N–H and O–H groups in total. The van der Waals surface area contributed by atoms with E-state index in [0.29, 0.717) is 22.7 Å². The summed E-state index contributed by atoms with van der Waals surface area (Å²) in [6.07, 6.45) is 1.50. The summed E-state index contributed by atoms with van der Waals surface area (Å²) in [7, 11) is 0. The quantitative estimate of drug-likeness (QED) is 0.646. The molecule has 2 aromatic carbocycles. The van der Waals surface area contributed by atoms with Crippen LogP contribution in [0.1, 0.15) is 6.92 Å². The summed E-state index contributed by atoms with van der Waals surface area (Å²) in [6, 6.07) is 16.9. The summed E-state index contributed by atoms with van der Waals surface area (Å²) in [4.78, 5) is 16.8. The molecular weight excluding hydrogens is 353 g/mol. The monoisotopic (exact) mass is 369 g/mol. The van der Waals surface area contributed by atoms with Gasteiger partial charge in [-0.05, 0) is 55.1 Å². The van der Waals surface area contributed by atoms with Gasteiger partial charge in [0.1, 0.15) is 5.82 Å². The minimum Gasteiger partial charge on any atom is -0.478 e. The van der Waals surface area contributed by atoms with E-state index >= 15 is 0 Å². The zero-order valence-corrected chi connectivity index (χ0v) is 14.8. The molecule has 0 atom stereocenters. The number of thioether (sulfide) groups is 1. The number of hydrogen-bond acceptors (Lipinski definition) is 4. The van der Waals surface area contributed by atoms with Crippen molar-refractivity contribution in [1.82, 2.24) is 9.78 Å². The van der Waals surface area contributed by atoms with E-state index in [1.165, 1.54) is 30.5 Å². The lowest BCUT2D eigenvalue weighted by atomic mass is 10.3. The van der Waals surface area contributed by atoms with Crippen LogP contribution in [0.5, 0.6) is 5.88 Å². The van der Waals surface area contributed by atoms with E-state index in [-0.39, 0.29) is 5.82 Å². The largest absolute Gasteiger partial charge is 0.478 e. The lowest BCUT2D eigenvalue weighted by Gasteiger charge is -2.11. The molecule has 3 aromatic rings. The number of rotatable bonds is 4. The number of aromatic nitrogens is 2. The number of benzene rings is 2. The minimum absolute atomic E-state index is 0.349. The second kappa shape index (κ2) is 8.44. The molecule has 5 nitrogen and oxygen atoms in total. The van der Waals surface area contributed by atoms with Gasteiger partial charge < -0.3 is 4.74 Å². The average Bonchev–Trinajstić information content (AvgIpc) is 2.65. The summed E-state index contributed by atoms with van der Waals surface area (Å²) < 4.78 is 20.2. The molecule has 3 rings (SSSR count). The maximum Gasteiger partial charge on any atom is 0.310 e. The number of ether oxygens (including phenoxy) is 1. The van der Waals surface area contributed by atoms with Gasteiger partial charge in [0.2, 0.25) is 5.88 Å². The van der Waals surface area contributed by atoms with Gasteiger partial charge in [0.25, 0.3) is 0 Å². The maximum absolute atomic E-state index is 12.9. The minimum atomic E-state index is -0.418. The fourth-order valence-corrected chi connectivity index (χ4v) is 2.83. The molecule has 1 heterocycles. The Morgan fingerprint density at radius 2 is 1.92 bits per heavy atom. The van der Waals surface area contributed by atoms with Crippen LogP contribution in [0.2, 0.25) is 0 Å². The van der Waals surface area contributed by atoms with Crippen molar-refractivity contribution >= 4 is 17.0 Å². The van der Waals surface area contributed by atoms with E-state index in [4.69, 9.17) is 4.74 Å². The maximum atomic E-state index is 12.9. The SMILES string of the molecule is CCOc1cc(=NC(=O)Sc2ccc(F)cc2)cnn1-c1ccccc1. The fraction of sp³-hybridized carbons (Fsp3) is 0.105. The molecular formula is C19H16FN3O2S. The molecule has 0 spiro atoms. The van der Waals surface area contributed by atoms with Crippen molar-refractivity contribution in [2.24, 2.45) is 4.99 Å². The Kier molecular flexibility index (Phi) is 5.80. The van der Waals surface area contributed by atoms with E-state index in [2.05, 4.69) is 10.1 Å². The number of amides is 1.